The Labute approximate surface area is 242 Å². The number of alkyl halides is 5. The fourth-order valence-corrected chi connectivity index (χ4v) is 10.0. The first-order valence-electron chi connectivity index (χ1n) is 14.7. The van der Waals surface area contributed by atoms with Gasteiger partial charge >= 0.3 is 27.5 Å². The summed E-state index contributed by atoms with van der Waals surface area (Å²) in [6.45, 7) is 6.81. The molecule has 2 N–H and O–H groups in total. The van der Waals surface area contributed by atoms with Gasteiger partial charge in [-0.05, 0) is 98.2 Å². The molecule has 0 aliphatic heterocycles. The zero-order chi connectivity index (χ0) is 31.5. The van der Waals surface area contributed by atoms with E-state index in [4.69, 9.17) is 9.29 Å². The summed E-state index contributed by atoms with van der Waals surface area (Å²) in [6.07, 6.45) is -5.14. The Morgan fingerprint density at radius 1 is 1.02 bits per heavy atom. The molecule has 11 atom stereocenters. The van der Waals surface area contributed by atoms with Crippen LogP contribution in [0, 0.1) is 46.3 Å². The van der Waals surface area contributed by atoms with Crippen molar-refractivity contribution in [2.75, 3.05) is 0 Å². The van der Waals surface area contributed by atoms with E-state index in [0.717, 1.165) is 38.5 Å². The summed E-state index contributed by atoms with van der Waals surface area (Å²) >= 11 is 0. The van der Waals surface area contributed by atoms with Gasteiger partial charge in [-0.25, -0.2) is 0 Å². The van der Waals surface area contributed by atoms with E-state index in [9.17, 15) is 45.1 Å². The molecule has 0 bridgehead atoms. The fourth-order valence-electron chi connectivity index (χ4n) is 9.56. The van der Waals surface area contributed by atoms with Crippen LogP contribution in [0.25, 0.3) is 0 Å². The Balaban J connectivity index is 1.46. The highest BCUT2D eigenvalue weighted by atomic mass is 32.2. The van der Waals surface area contributed by atoms with Crippen molar-refractivity contribution in [3.63, 3.8) is 0 Å². The van der Waals surface area contributed by atoms with Crippen LogP contribution in [0.5, 0.6) is 0 Å². The Morgan fingerprint density at radius 3 is 2.24 bits per heavy atom. The fraction of sp³-hybridized carbons (Fsp3) is 0.929. The molecular formula is C28H41F5O8S. The van der Waals surface area contributed by atoms with Crippen LogP contribution in [-0.4, -0.2) is 60.3 Å². The Hall–Kier alpha value is -1.54. The first kappa shape index (κ1) is 33.4. The summed E-state index contributed by atoms with van der Waals surface area (Å²) in [5, 5.41) is 4.58. The van der Waals surface area contributed by atoms with Gasteiger partial charge in [0.2, 0.25) is 0 Å². The highest BCUT2D eigenvalue weighted by Crippen LogP contribution is 2.68. The van der Waals surface area contributed by atoms with Gasteiger partial charge in [-0.2, -0.15) is 30.4 Å². The molecular weight excluding hydrogens is 591 g/mol. The second-order valence-corrected chi connectivity index (χ2v) is 15.1. The van der Waals surface area contributed by atoms with E-state index < -0.39 is 40.0 Å². The number of halogens is 5. The van der Waals surface area contributed by atoms with Gasteiger partial charge in [0.25, 0.3) is 12.6 Å². The van der Waals surface area contributed by atoms with Gasteiger partial charge in [-0.15, -0.1) is 0 Å². The van der Waals surface area contributed by atoms with Gasteiger partial charge in [0.05, 0.1) is 6.10 Å². The predicted molar refractivity (Wildman–Crippen MR) is 138 cm³/mol. The molecule has 0 aromatic carbocycles. The molecule has 0 radical (unpaired) electrons. The Kier molecular flexibility index (Phi) is 9.08. The zero-order valence-electron chi connectivity index (χ0n) is 24.0. The van der Waals surface area contributed by atoms with E-state index in [1.54, 1.807) is 0 Å². The van der Waals surface area contributed by atoms with Crippen molar-refractivity contribution in [3.05, 3.63) is 0 Å². The van der Waals surface area contributed by atoms with E-state index in [1.165, 1.54) is 0 Å². The number of ether oxygens (including phenoxy) is 2. The molecule has 242 valence electrons. The topological polar surface area (TPSA) is 127 Å². The van der Waals surface area contributed by atoms with E-state index in [-0.39, 0.29) is 59.0 Å². The molecule has 0 aromatic rings. The summed E-state index contributed by atoms with van der Waals surface area (Å²) in [5.41, 5.74) is -0.195. The first-order valence-corrected chi connectivity index (χ1v) is 16.1. The maximum atomic E-state index is 13.8. The minimum Gasteiger partial charge on any atom is -0.464 e. The van der Waals surface area contributed by atoms with Crippen molar-refractivity contribution >= 4 is 22.6 Å². The number of aliphatic hydroxyl groups excluding tert-OH is 1. The Bertz CT molecular complexity index is 1130. The van der Waals surface area contributed by atoms with Gasteiger partial charge in [0.1, 0.15) is 6.10 Å². The number of hydrogen-bond donors (Lipinski definition) is 2. The number of esters is 1. The zero-order valence-corrected chi connectivity index (χ0v) is 24.8. The van der Waals surface area contributed by atoms with Crippen molar-refractivity contribution in [1.82, 2.24) is 0 Å². The average Bonchev–Trinajstić information content (AvgIpc) is 3.22. The molecule has 0 saturated heterocycles. The van der Waals surface area contributed by atoms with Crippen LogP contribution in [0.15, 0.2) is 0 Å². The first-order chi connectivity index (χ1) is 19.3. The van der Waals surface area contributed by atoms with E-state index >= 15 is 0 Å². The quantitative estimate of drug-likeness (QED) is 0.147. The minimum atomic E-state index is -6.50. The van der Waals surface area contributed by atoms with E-state index in [0.29, 0.717) is 25.2 Å². The smallest absolute Gasteiger partial charge is 0.432 e. The molecule has 4 fully saturated rings. The number of rotatable bonds is 9. The maximum absolute atomic E-state index is 13.8. The number of hydrogen-bond acceptors (Lipinski definition) is 7. The summed E-state index contributed by atoms with van der Waals surface area (Å²) < 4.78 is 107. The molecule has 14 heteroatoms. The second-order valence-electron chi connectivity index (χ2n) is 13.6. The molecule has 0 aromatic heterocycles. The van der Waals surface area contributed by atoms with Gasteiger partial charge in [-0.3, -0.25) is 14.1 Å². The normalized spacial score (nSPS) is 40.2. The lowest BCUT2D eigenvalue weighted by atomic mass is 9.43. The van der Waals surface area contributed by atoms with Crippen molar-refractivity contribution in [2.45, 2.75) is 115 Å². The molecule has 8 nitrogen and oxygen atoms in total. The SMILES string of the molecule is C[C@H](CCC(=O)OC(C(F)(F)F)C(F)(F)S(=O)(=O)O)[C@H]1CC[C@H]2[C@@H]3[C@H](OC=O)CC4C[C@H](O)CC[C@]4(C)[C@H]3CC[C@]12C. The number of carbonyl (C=O) groups excluding carboxylic acids is 2. The standard InChI is InChI=1S/C28H41F5O8S/c1-15(4-7-22(36)41-24(27(29,30)31)28(32,33)42(37,38)39)18-5-6-19-23-20(9-11-26(18,19)3)25(2)10-8-17(35)12-16(25)13-21(23)40-14-34/h14-21,23-24,35H,4-13H2,1-3H3,(H,37,38,39)/t15-,16?,17-,18-,19+,20+,21-,23+,24?,25+,26-/m1/s1. The van der Waals surface area contributed by atoms with Crippen LogP contribution in [0.1, 0.15) is 85.0 Å². The largest absolute Gasteiger partial charge is 0.464 e. The van der Waals surface area contributed by atoms with Gasteiger partial charge < -0.3 is 14.6 Å². The van der Waals surface area contributed by atoms with Crippen molar-refractivity contribution in [2.24, 2.45) is 46.3 Å². The van der Waals surface area contributed by atoms with Crippen molar-refractivity contribution in [1.29, 1.82) is 0 Å². The third-order valence-corrected chi connectivity index (χ3v) is 12.5. The Morgan fingerprint density at radius 2 is 1.64 bits per heavy atom. The molecule has 0 amide bonds. The van der Waals surface area contributed by atoms with Crippen LogP contribution in [0.4, 0.5) is 22.0 Å². The minimum absolute atomic E-state index is 0.0145. The predicted octanol–water partition coefficient (Wildman–Crippen LogP) is 5.53. The average molecular weight is 633 g/mol. The monoisotopic (exact) mass is 632 g/mol. The van der Waals surface area contributed by atoms with E-state index in [1.807, 2.05) is 6.92 Å². The molecule has 0 heterocycles. The van der Waals surface area contributed by atoms with Crippen LogP contribution in [0.3, 0.4) is 0 Å². The lowest BCUT2D eigenvalue weighted by Crippen LogP contribution is -2.59. The van der Waals surface area contributed by atoms with E-state index in [2.05, 4.69) is 18.6 Å². The molecule has 4 rings (SSSR count). The maximum Gasteiger partial charge on any atom is 0.432 e. The lowest BCUT2D eigenvalue weighted by Gasteiger charge is -2.62. The molecule has 4 aliphatic rings. The molecule has 4 saturated carbocycles. The lowest BCUT2D eigenvalue weighted by molar-refractivity contribution is -0.259. The summed E-state index contributed by atoms with van der Waals surface area (Å²) in [7, 11) is -6.50. The van der Waals surface area contributed by atoms with Crippen molar-refractivity contribution < 1.29 is 59.1 Å². The van der Waals surface area contributed by atoms with Crippen LogP contribution in [0.2, 0.25) is 0 Å². The molecule has 0 spiro atoms. The highest BCUT2D eigenvalue weighted by molar-refractivity contribution is 7.86. The van der Waals surface area contributed by atoms with Gasteiger partial charge in [0, 0.05) is 12.3 Å². The number of carbonyl (C=O) groups is 2. The number of fused-ring (bicyclic) bond motifs is 5. The van der Waals surface area contributed by atoms with Crippen LogP contribution >= 0.6 is 0 Å². The molecule has 2 unspecified atom stereocenters. The van der Waals surface area contributed by atoms with Crippen molar-refractivity contribution in [3.8, 4) is 0 Å². The summed E-state index contributed by atoms with van der Waals surface area (Å²) in [5.74, 6) is -0.910. The van der Waals surface area contributed by atoms with Gasteiger partial charge in [-0.1, -0.05) is 20.8 Å². The molecule has 42 heavy (non-hydrogen) atoms. The molecule has 4 aliphatic carbocycles. The highest BCUT2D eigenvalue weighted by Gasteiger charge is 2.66. The van der Waals surface area contributed by atoms with Crippen LogP contribution < -0.4 is 0 Å². The van der Waals surface area contributed by atoms with Crippen LogP contribution in [-0.2, 0) is 29.2 Å². The summed E-state index contributed by atoms with van der Waals surface area (Å²) in [4.78, 5) is 23.8. The third kappa shape index (κ3) is 5.80. The second kappa shape index (κ2) is 11.4. The summed E-state index contributed by atoms with van der Waals surface area (Å²) in [6, 6.07) is 0. The third-order valence-electron chi connectivity index (χ3n) is 11.6. The number of aliphatic hydroxyl groups is 1. The van der Waals surface area contributed by atoms with Gasteiger partial charge in [0.15, 0.2) is 0 Å².